The largest absolute Gasteiger partial charge is 0.486 e. The average molecular weight is 234 g/mol. The van der Waals surface area contributed by atoms with Gasteiger partial charge in [-0.2, -0.15) is 0 Å². The summed E-state index contributed by atoms with van der Waals surface area (Å²) in [5, 5.41) is 7.39. The fourth-order valence-corrected chi connectivity index (χ4v) is 1.22. The van der Waals surface area contributed by atoms with Gasteiger partial charge in [-0.05, 0) is 22.4 Å². The number of benzene rings is 1. The summed E-state index contributed by atoms with van der Waals surface area (Å²) in [6.07, 6.45) is 0. The minimum Gasteiger partial charge on any atom is -0.486 e. The molecule has 0 bridgehead atoms. The van der Waals surface area contributed by atoms with Crippen LogP contribution in [0.5, 0.6) is 5.75 Å². The Morgan fingerprint density at radius 2 is 2.00 bits per heavy atom. The molecule has 0 saturated carbocycles. The fraction of sp³-hybridized carbons (Fsp3) is 0.417. The molecule has 0 unspecified atom stereocenters. The molecule has 0 atom stereocenters. The first kappa shape index (κ1) is 11.6. The Hall–Kier alpha value is -1.91. The minimum atomic E-state index is -0.389. The van der Waals surface area contributed by atoms with Crippen LogP contribution in [-0.2, 0) is 4.79 Å². The van der Waals surface area contributed by atoms with Gasteiger partial charge in [-0.15, -0.1) is 0 Å². The van der Waals surface area contributed by atoms with Crippen molar-refractivity contribution in [2.24, 2.45) is 5.41 Å². The molecule has 0 saturated heterocycles. The van der Waals surface area contributed by atoms with Crippen LogP contribution < -0.4 is 4.74 Å². The molecule has 0 N–H and O–H groups in total. The number of ketones is 1. The van der Waals surface area contributed by atoms with E-state index in [1.165, 1.54) is 0 Å². The maximum absolute atomic E-state index is 11.7. The average Bonchev–Trinajstić information content (AvgIpc) is 2.71. The lowest BCUT2D eigenvalue weighted by atomic mass is 9.91. The van der Waals surface area contributed by atoms with Gasteiger partial charge >= 0.3 is 0 Å². The standard InChI is InChI=1S/C12H14N2O3/c1-12(2,3)11(15)7-16-8-4-5-9-10(6-8)14-17-13-9/h4-6H,7H2,1-3H3. The molecule has 0 fully saturated rings. The lowest BCUT2D eigenvalue weighted by Crippen LogP contribution is -2.26. The Balaban J connectivity index is 2.06. The molecule has 1 heterocycles. The predicted octanol–water partition coefficient (Wildman–Crippen LogP) is 2.22. The summed E-state index contributed by atoms with van der Waals surface area (Å²) in [6.45, 7) is 5.65. The van der Waals surface area contributed by atoms with Crippen molar-refractivity contribution >= 4 is 16.8 Å². The number of aromatic nitrogens is 2. The number of ether oxygens (including phenoxy) is 1. The molecule has 90 valence electrons. The molecule has 2 aromatic rings. The third kappa shape index (κ3) is 2.61. The minimum absolute atomic E-state index is 0.0517. The molecular formula is C12H14N2O3. The molecule has 5 heteroatoms. The van der Waals surface area contributed by atoms with E-state index in [0.29, 0.717) is 16.8 Å². The highest BCUT2D eigenvalue weighted by molar-refractivity contribution is 5.85. The van der Waals surface area contributed by atoms with E-state index >= 15 is 0 Å². The van der Waals surface area contributed by atoms with Crippen molar-refractivity contribution in [2.45, 2.75) is 20.8 Å². The van der Waals surface area contributed by atoms with Crippen LogP contribution in [0.4, 0.5) is 0 Å². The molecule has 1 aromatic carbocycles. The van der Waals surface area contributed by atoms with Gasteiger partial charge in [-0.3, -0.25) is 4.79 Å². The number of fused-ring (bicyclic) bond motifs is 1. The van der Waals surface area contributed by atoms with E-state index < -0.39 is 0 Å². The number of hydrogen-bond acceptors (Lipinski definition) is 5. The molecule has 17 heavy (non-hydrogen) atoms. The van der Waals surface area contributed by atoms with Crippen LogP contribution in [0.25, 0.3) is 11.0 Å². The van der Waals surface area contributed by atoms with Crippen molar-refractivity contribution in [3.8, 4) is 5.75 Å². The fourth-order valence-electron chi connectivity index (χ4n) is 1.22. The molecule has 0 aliphatic rings. The zero-order chi connectivity index (χ0) is 12.5. The highest BCUT2D eigenvalue weighted by atomic mass is 16.6. The molecule has 0 radical (unpaired) electrons. The maximum atomic E-state index is 11.7. The Morgan fingerprint density at radius 3 is 2.71 bits per heavy atom. The van der Waals surface area contributed by atoms with Crippen LogP contribution in [-0.4, -0.2) is 22.7 Å². The maximum Gasteiger partial charge on any atom is 0.175 e. The molecule has 0 aliphatic carbocycles. The number of carbonyl (C=O) groups excluding carboxylic acids is 1. The van der Waals surface area contributed by atoms with Crippen LogP contribution in [0.2, 0.25) is 0 Å². The summed E-state index contributed by atoms with van der Waals surface area (Å²) in [5.41, 5.74) is 0.893. The SMILES string of the molecule is CC(C)(C)C(=O)COc1ccc2nonc2c1. The molecular weight excluding hydrogens is 220 g/mol. The number of hydrogen-bond donors (Lipinski definition) is 0. The van der Waals surface area contributed by atoms with E-state index in [4.69, 9.17) is 4.74 Å². The normalized spacial score (nSPS) is 11.7. The van der Waals surface area contributed by atoms with Crippen molar-refractivity contribution in [3.05, 3.63) is 18.2 Å². The Kier molecular flexibility index (Phi) is 2.83. The topological polar surface area (TPSA) is 65.2 Å². The van der Waals surface area contributed by atoms with Crippen molar-refractivity contribution in [3.63, 3.8) is 0 Å². The van der Waals surface area contributed by atoms with E-state index in [2.05, 4.69) is 14.9 Å². The zero-order valence-corrected chi connectivity index (χ0v) is 10.1. The summed E-state index contributed by atoms with van der Waals surface area (Å²) in [6, 6.07) is 5.17. The van der Waals surface area contributed by atoms with Gasteiger partial charge in [0.25, 0.3) is 0 Å². The summed E-state index contributed by atoms with van der Waals surface area (Å²) in [5.74, 6) is 0.640. The number of rotatable bonds is 3. The van der Waals surface area contributed by atoms with Crippen LogP contribution in [0.15, 0.2) is 22.8 Å². The Labute approximate surface area is 98.7 Å². The van der Waals surface area contributed by atoms with Crippen LogP contribution in [0, 0.1) is 5.41 Å². The van der Waals surface area contributed by atoms with Gasteiger partial charge in [-0.1, -0.05) is 20.8 Å². The van der Waals surface area contributed by atoms with Gasteiger partial charge < -0.3 is 4.74 Å². The Bertz CT molecular complexity index is 540. The van der Waals surface area contributed by atoms with E-state index in [1.807, 2.05) is 20.8 Å². The Morgan fingerprint density at radius 1 is 1.29 bits per heavy atom. The van der Waals surface area contributed by atoms with E-state index in [1.54, 1.807) is 18.2 Å². The number of nitrogens with zero attached hydrogens (tertiary/aromatic N) is 2. The number of carbonyl (C=O) groups is 1. The van der Waals surface area contributed by atoms with Crippen molar-refractivity contribution in [2.75, 3.05) is 6.61 Å². The van der Waals surface area contributed by atoms with Crippen LogP contribution in [0.3, 0.4) is 0 Å². The molecule has 0 amide bonds. The highest BCUT2D eigenvalue weighted by Gasteiger charge is 2.21. The predicted molar refractivity (Wildman–Crippen MR) is 61.8 cm³/mol. The molecule has 1 aromatic heterocycles. The first-order valence-corrected chi connectivity index (χ1v) is 5.35. The van der Waals surface area contributed by atoms with E-state index in [0.717, 1.165) is 0 Å². The molecule has 5 nitrogen and oxygen atoms in total. The van der Waals surface area contributed by atoms with Crippen molar-refractivity contribution in [1.82, 2.24) is 10.3 Å². The van der Waals surface area contributed by atoms with Gasteiger partial charge in [0.15, 0.2) is 5.78 Å². The second kappa shape index (κ2) is 4.16. The number of Topliss-reactive ketones (excluding diaryl/α,β-unsaturated/α-hetero) is 1. The summed E-state index contributed by atoms with van der Waals surface area (Å²) < 4.78 is 9.99. The zero-order valence-electron chi connectivity index (χ0n) is 10.1. The smallest absolute Gasteiger partial charge is 0.175 e. The monoisotopic (exact) mass is 234 g/mol. The summed E-state index contributed by atoms with van der Waals surface area (Å²) >= 11 is 0. The quantitative estimate of drug-likeness (QED) is 0.814. The van der Waals surface area contributed by atoms with Crippen LogP contribution >= 0.6 is 0 Å². The highest BCUT2D eigenvalue weighted by Crippen LogP contribution is 2.19. The van der Waals surface area contributed by atoms with E-state index in [9.17, 15) is 4.79 Å². The van der Waals surface area contributed by atoms with Gasteiger partial charge in [0, 0.05) is 11.5 Å². The van der Waals surface area contributed by atoms with Crippen LogP contribution in [0.1, 0.15) is 20.8 Å². The third-order valence-electron chi connectivity index (χ3n) is 2.43. The van der Waals surface area contributed by atoms with Gasteiger partial charge in [0.1, 0.15) is 23.4 Å². The second-order valence-corrected chi connectivity index (χ2v) is 4.88. The molecule has 0 aliphatic heterocycles. The van der Waals surface area contributed by atoms with Gasteiger partial charge in [0.2, 0.25) is 0 Å². The van der Waals surface area contributed by atoms with E-state index in [-0.39, 0.29) is 17.8 Å². The summed E-state index contributed by atoms with van der Waals surface area (Å²) in [4.78, 5) is 11.7. The first-order valence-electron chi connectivity index (χ1n) is 5.35. The lowest BCUT2D eigenvalue weighted by Gasteiger charge is -2.16. The summed E-state index contributed by atoms with van der Waals surface area (Å²) in [7, 11) is 0. The molecule has 2 rings (SSSR count). The first-order chi connectivity index (χ1) is 7.97. The molecule has 0 spiro atoms. The second-order valence-electron chi connectivity index (χ2n) is 4.88. The van der Waals surface area contributed by atoms with Gasteiger partial charge in [-0.25, -0.2) is 4.63 Å². The van der Waals surface area contributed by atoms with Gasteiger partial charge in [0.05, 0.1) is 0 Å². The third-order valence-corrected chi connectivity index (χ3v) is 2.43. The lowest BCUT2D eigenvalue weighted by molar-refractivity contribution is -0.128. The van der Waals surface area contributed by atoms with Crippen molar-refractivity contribution < 1.29 is 14.2 Å². The van der Waals surface area contributed by atoms with Crippen molar-refractivity contribution in [1.29, 1.82) is 0 Å².